The Morgan fingerprint density at radius 3 is 2.37 bits per heavy atom. The maximum atomic E-state index is 12.6. The molecule has 2 aromatic heterocycles. The molecule has 17 nitrogen and oxygen atoms in total. The van der Waals surface area contributed by atoms with Crippen LogP contribution in [0.15, 0.2) is 60.1 Å². The van der Waals surface area contributed by atoms with Crippen molar-refractivity contribution in [3.8, 4) is 5.75 Å². The SMILES string of the molecule is COCCCC/C(=N\OCCN)c1ccc(C(F)(F)F)cc1.COc1ccc2[nH]cc(CCNC(C)=O)c2c1.NC(=O)c1ncn([C@@H]2O[C@H](CO)[C@@H](O)[C@H]2O)c1N. The topological polar surface area (TPSA) is 268 Å². The number of oxime groups is 1. The number of nitrogen functional groups attached to an aromatic ring is 1. The van der Waals surface area contributed by atoms with Gasteiger partial charge in [-0.15, -0.1) is 0 Å². The van der Waals surface area contributed by atoms with E-state index in [1.165, 1.54) is 35.5 Å². The van der Waals surface area contributed by atoms with Gasteiger partial charge in [0.15, 0.2) is 11.9 Å². The molecule has 0 radical (unpaired) electrons. The van der Waals surface area contributed by atoms with Crippen LogP contribution in [0.3, 0.4) is 0 Å². The van der Waals surface area contributed by atoms with E-state index < -0.39 is 48.8 Å². The molecule has 4 atom stereocenters. The molecule has 11 N–H and O–H groups in total. The number of alkyl halides is 3. The lowest BCUT2D eigenvalue weighted by Gasteiger charge is -2.17. The van der Waals surface area contributed by atoms with Gasteiger partial charge in [-0.2, -0.15) is 13.2 Å². The van der Waals surface area contributed by atoms with Gasteiger partial charge in [-0.1, -0.05) is 17.3 Å². The first kappa shape index (κ1) is 46.1. The molecule has 1 saturated heterocycles. The van der Waals surface area contributed by atoms with E-state index in [0.29, 0.717) is 37.4 Å². The number of benzene rings is 2. The fourth-order valence-electron chi connectivity index (χ4n) is 5.55. The zero-order valence-electron chi connectivity index (χ0n) is 31.9. The van der Waals surface area contributed by atoms with Crippen LogP contribution in [0.4, 0.5) is 19.0 Å². The van der Waals surface area contributed by atoms with Gasteiger partial charge in [-0.3, -0.25) is 14.2 Å². The number of aromatic nitrogens is 3. The lowest BCUT2D eigenvalue weighted by molar-refractivity contribution is -0.137. The summed E-state index contributed by atoms with van der Waals surface area (Å²) in [6.07, 6.45) is -2.63. The number of aromatic amines is 1. The lowest BCUT2D eigenvalue weighted by atomic mass is 10.0. The van der Waals surface area contributed by atoms with Crippen LogP contribution in [-0.4, -0.2) is 113 Å². The minimum absolute atomic E-state index is 0.00224. The van der Waals surface area contributed by atoms with Crippen molar-refractivity contribution in [1.82, 2.24) is 19.9 Å². The molecule has 2 aromatic carbocycles. The highest BCUT2D eigenvalue weighted by molar-refractivity contribution is 6.00. The van der Waals surface area contributed by atoms with Gasteiger partial charge in [0.05, 0.1) is 31.3 Å². The van der Waals surface area contributed by atoms with E-state index in [2.05, 4.69) is 20.4 Å². The van der Waals surface area contributed by atoms with Gasteiger partial charge < -0.3 is 61.9 Å². The van der Waals surface area contributed by atoms with Crippen LogP contribution in [0.1, 0.15) is 59.6 Å². The molecular formula is C37H51F3N8O9. The summed E-state index contributed by atoms with van der Waals surface area (Å²) in [4.78, 5) is 33.8. The van der Waals surface area contributed by atoms with Crippen LogP contribution in [-0.2, 0) is 31.7 Å². The third-order valence-corrected chi connectivity index (χ3v) is 8.54. The number of methoxy groups -OCH3 is 2. The number of carbonyl (C=O) groups excluding carboxylic acids is 2. The van der Waals surface area contributed by atoms with Gasteiger partial charge in [0, 0.05) is 50.8 Å². The fourth-order valence-corrected chi connectivity index (χ4v) is 5.55. The Morgan fingerprint density at radius 2 is 1.81 bits per heavy atom. The second kappa shape index (κ2) is 22.5. The summed E-state index contributed by atoms with van der Waals surface area (Å²) < 4.78 is 54.3. The Balaban J connectivity index is 0.000000231. The third kappa shape index (κ3) is 13.4. The van der Waals surface area contributed by atoms with Crippen molar-refractivity contribution in [3.05, 3.63) is 77.4 Å². The second-order valence-corrected chi connectivity index (χ2v) is 12.6. The molecule has 1 aliphatic rings. The van der Waals surface area contributed by atoms with Crippen LogP contribution in [0.5, 0.6) is 5.75 Å². The molecule has 314 valence electrons. The van der Waals surface area contributed by atoms with Gasteiger partial charge in [0.1, 0.15) is 36.5 Å². The molecular weight excluding hydrogens is 757 g/mol. The summed E-state index contributed by atoms with van der Waals surface area (Å²) in [7, 11) is 3.28. The number of ether oxygens (including phenoxy) is 3. The number of nitrogens with zero attached hydrogens (tertiary/aromatic N) is 3. The number of carbonyl (C=O) groups is 2. The normalized spacial score (nSPS) is 18.0. The Labute approximate surface area is 326 Å². The molecule has 0 bridgehead atoms. The van der Waals surface area contributed by atoms with Gasteiger partial charge in [-0.05, 0) is 67.1 Å². The fraction of sp³-hybridized carbons (Fsp3) is 0.459. The van der Waals surface area contributed by atoms with Crippen molar-refractivity contribution in [2.24, 2.45) is 16.6 Å². The van der Waals surface area contributed by atoms with E-state index in [9.17, 15) is 33.0 Å². The molecule has 0 aliphatic carbocycles. The number of aliphatic hydroxyl groups excluding tert-OH is 3. The second-order valence-electron chi connectivity index (χ2n) is 12.6. The zero-order valence-corrected chi connectivity index (χ0v) is 31.9. The van der Waals surface area contributed by atoms with E-state index in [0.717, 1.165) is 48.0 Å². The number of amides is 2. The third-order valence-electron chi connectivity index (χ3n) is 8.54. The number of imidazole rings is 1. The Morgan fingerprint density at radius 1 is 1.09 bits per heavy atom. The first-order chi connectivity index (χ1) is 27.2. The minimum Gasteiger partial charge on any atom is -0.497 e. The number of hydrogen-bond donors (Lipinski definition) is 8. The van der Waals surface area contributed by atoms with Crippen molar-refractivity contribution in [2.75, 3.05) is 52.9 Å². The Kier molecular flexibility index (Phi) is 18.2. The van der Waals surface area contributed by atoms with Crippen molar-refractivity contribution in [2.45, 2.75) is 63.3 Å². The number of primary amides is 1. The van der Waals surface area contributed by atoms with E-state index >= 15 is 0 Å². The van der Waals surface area contributed by atoms with Crippen LogP contribution in [0, 0.1) is 0 Å². The van der Waals surface area contributed by atoms with E-state index in [4.69, 9.17) is 41.4 Å². The average molecular weight is 809 g/mol. The minimum atomic E-state index is -4.34. The molecule has 0 spiro atoms. The summed E-state index contributed by atoms with van der Waals surface area (Å²) in [5.74, 6) is -0.0318. The van der Waals surface area contributed by atoms with Crippen LogP contribution in [0.25, 0.3) is 10.9 Å². The van der Waals surface area contributed by atoms with Gasteiger partial charge >= 0.3 is 6.18 Å². The molecule has 1 fully saturated rings. The van der Waals surface area contributed by atoms with Crippen LogP contribution in [0.2, 0.25) is 0 Å². The Hall–Kier alpha value is -5.25. The Bertz CT molecular complexity index is 1890. The highest BCUT2D eigenvalue weighted by atomic mass is 19.4. The number of halogens is 3. The van der Waals surface area contributed by atoms with Crippen molar-refractivity contribution >= 4 is 34.2 Å². The van der Waals surface area contributed by atoms with E-state index in [-0.39, 0.29) is 24.0 Å². The van der Waals surface area contributed by atoms with Gasteiger partial charge in [-0.25, -0.2) is 4.98 Å². The quantitative estimate of drug-likeness (QED) is 0.0460. The maximum absolute atomic E-state index is 12.6. The molecule has 57 heavy (non-hydrogen) atoms. The highest BCUT2D eigenvalue weighted by Gasteiger charge is 2.44. The van der Waals surface area contributed by atoms with Gasteiger partial charge in [0.2, 0.25) is 5.91 Å². The monoisotopic (exact) mass is 808 g/mol. The predicted molar refractivity (Wildman–Crippen MR) is 204 cm³/mol. The number of rotatable bonds is 16. The number of nitrogens with one attached hydrogen (secondary N) is 2. The standard InChI is InChI=1S/C15H21F3N2O2.C13H16N2O2.C9H14N4O5/c1-21-10-3-2-4-14(20-22-11-9-19)12-5-7-13(8-6-12)15(16,17)18;1-9(16)14-6-5-10-8-15-13-4-3-11(17-2)7-12(10)13;10-7-4(8(11)17)12-2-13(7)9-6(16)5(15)3(1-14)18-9/h5-8H,2-4,9-11,19H2,1H3;3-4,7-8,15H,5-6H2,1-2H3,(H,14,16);2-3,5-6,9,14-16H,1,10H2,(H2,11,17)/b20-14+;;/t;;3-,5-,6-,9-/m..1/s1. The summed E-state index contributed by atoms with van der Waals surface area (Å²) in [6, 6.07) is 10.8. The molecule has 0 unspecified atom stereocenters. The molecule has 2 amide bonds. The van der Waals surface area contributed by atoms with Crippen molar-refractivity contribution in [3.63, 3.8) is 0 Å². The maximum Gasteiger partial charge on any atom is 0.416 e. The largest absolute Gasteiger partial charge is 0.497 e. The smallest absolute Gasteiger partial charge is 0.416 e. The van der Waals surface area contributed by atoms with E-state index in [1.807, 2.05) is 24.4 Å². The molecule has 20 heteroatoms. The number of aliphatic hydroxyl groups is 3. The van der Waals surface area contributed by atoms with Crippen molar-refractivity contribution < 1.29 is 57.1 Å². The summed E-state index contributed by atoms with van der Waals surface area (Å²) in [5.41, 5.74) is 18.7. The summed E-state index contributed by atoms with van der Waals surface area (Å²) in [5, 5.41) is 36.3. The molecule has 1 aliphatic heterocycles. The number of H-pyrrole nitrogens is 1. The molecule has 0 saturated carbocycles. The van der Waals surface area contributed by atoms with Gasteiger partial charge in [0.25, 0.3) is 5.91 Å². The first-order valence-corrected chi connectivity index (χ1v) is 17.8. The van der Waals surface area contributed by atoms with Crippen LogP contribution >= 0.6 is 0 Å². The average Bonchev–Trinajstić information content (AvgIpc) is 3.86. The van der Waals surface area contributed by atoms with Crippen molar-refractivity contribution in [1.29, 1.82) is 0 Å². The lowest BCUT2D eigenvalue weighted by Crippen LogP contribution is -2.33. The molecule has 3 heterocycles. The number of fused-ring (bicyclic) bond motifs is 1. The number of anilines is 1. The van der Waals surface area contributed by atoms with E-state index in [1.54, 1.807) is 14.2 Å². The highest BCUT2D eigenvalue weighted by Crippen LogP contribution is 2.32. The number of nitrogens with two attached hydrogens (primary N) is 3. The number of unbranched alkanes of at least 4 members (excludes halogenated alkanes) is 1. The molecule has 5 rings (SSSR count). The first-order valence-electron chi connectivity index (χ1n) is 17.8. The van der Waals surface area contributed by atoms with Crippen LogP contribution < -0.4 is 27.3 Å². The summed E-state index contributed by atoms with van der Waals surface area (Å²) >= 11 is 0. The number of hydrogen-bond acceptors (Lipinski definition) is 13. The predicted octanol–water partition coefficient (Wildman–Crippen LogP) is 2.23. The molecule has 4 aromatic rings. The zero-order chi connectivity index (χ0) is 42.1. The summed E-state index contributed by atoms with van der Waals surface area (Å²) in [6.45, 7) is 2.95.